The molecule has 1 aromatic rings. The van der Waals surface area contributed by atoms with Gasteiger partial charge in [-0.3, -0.25) is 0 Å². The van der Waals surface area contributed by atoms with Gasteiger partial charge in [0.25, 0.3) is 0 Å². The smallest absolute Gasteiger partial charge is 0.364 e. The van der Waals surface area contributed by atoms with Crippen molar-refractivity contribution >= 4 is 12.0 Å². The minimum absolute atomic E-state index is 0.547. The summed E-state index contributed by atoms with van der Waals surface area (Å²) < 4.78 is 12.6. The highest BCUT2D eigenvalue weighted by molar-refractivity contribution is 5.89. The maximum absolute atomic E-state index is 12.6. The van der Waals surface area contributed by atoms with Gasteiger partial charge in [0.2, 0.25) is 5.83 Å². The van der Waals surface area contributed by atoms with Crippen LogP contribution in [0, 0.1) is 6.92 Å². The van der Waals surface area contributed by atoms with E-state index in [-0.39, 0.29) is 0 Å². The van der Waals surface area contributed by atoms with Crippen LogP contribution in [0.2, 0.25) is 0 Å². The summed E-state index contributed by atoms with van der Waals surface area (Å²) in [6, 6.07) is 6.91. The summed E-state index contributed by atoms with van der Waals surface area (Å²) in [6.45, 7) is 1.90. The molecule has 0 fully saturated rings. The van der Waals surface area contributed by atoms with E-state index < -0.39 is 11.8 Å². The molecule has 0 saturated heterocycles. The van der Waals surface area contributed by atoms with Crippen LogP contribution in [0.5, 0.6) is 0 Å². The highest BCUT2D eigenvalue weighted by Gasteiger charge is 2.03. The van der Waals surface area contributed by atoms with E-state index >= 15 is 0 Å². The van der Waals surface area contributed by atoms with Gasteiger partial charge < -0.3 is 5.11 Å². The predicted octanol–water partition coefficient (Wildman–Crippen LogP) is 2.39. The normalized spacial score (nSPS) is 11.4. The first kappa shape index (κ1) is 9.45. The third-order valence-corrected chi connectivity index (χ3v) is 1.58. The van der Waals surface area contributed by atoms with Crippen molar-refractivity contribution in [3.63, 3.8) is 0 Å². The van der Waals surface area contributed by atoms with Crippen molar-refractivity contribution in [3.8, 4) is 0 Å². The third kappa shape index (κ3) is 2.71. The van der Waals surface area contributed by atoms with Gasteiger partial charge in [-0.1, -0.05) is 29.8 Å². The van der Waals surface area contributed by atoms with Crippen LogP contribution < -0.4 is 0 Å². The van der Waals surface area contributed by atoms with E-state index in [9.17, 15) is 9.18 Å². The number of hydrogen-bond donors (Lipinski definition) is 1. The fraction of sp³-hybridized carbons (Fsp3) is 0.100. The zero-order chi connectivity index (χ0) is 9.84. The fourth-order valence-corrected chi connectivity index (χ4v) is 0.871. The highest BCUT2D eigenvalue weighted by atomic mass is 19.1. The molecule has 13 heavy (non-hydrogen) atoms. The molecule has 0 saturated carbocycles. The molecule has 0 unspecified atom stereocenters. The van der Waals surface area contributed by atoms with E-state index in [0.717, 1.165) is 11.6 Å². The van der Waals surface area contributed by atoms with Gasteiger partial charge in [-0.25, -0.2) is 4.79 Å². The fourth-order valence-electron chi connectivity index (χ4n) is 0.871. The van der Waals surface area contributed by atoms with Crippen LogP contribution in [0.25, 0.3) is 6.08 Å². The molecule has 0 aromatic heterocycles. The van der Waals surface area contributed by atoms with Crippen LogP contribution in [-0.4, -0.2) is 11.1 Å². The lowest BCUT2D eigenvalue weighted by atomic mass is 10.1. The Morgan fingerprint density at radius 2 is 1.92 bits per heavy atom. The molecule has 0 spiro atoms. The molecule has 68 valence electrons. The molecule has 0 radical (unpaired) electrons. The largest absolute Gasteiger partial charge is 0.476 e. The van der Waals surface area contributed by atoms with Gasteiger partial charge in [0.15, 0.2) is 0 Å². The van der Waals surface area contributed by atoms with Gasteiger partial charge >= 0.3 is 5.97 Å². The second-order valence-electron chi connectivity index (χ2n) is 2.71. The van der Waals surface area contributed by atoms with E-state index in [2.05, 4.69) is 0 Å². The Kier molecular flexibility index (Phi) is 2.80. The number of benzene rings is 1. The molecule has 0 bridgehead atoms. The summed E-state index contributed by atoms with van der Waals surface area (Å²) in [4.78, 5) is 10.1. The summed E-state index contributed by atoms with van der Waals surface area (Å²) in [6.07, 6.45) is 0.988. The molecular formula is C10H9FO2. The lowest BCUT2D eigenvalue weighted by Gasteiger charge is -1.94. The Balaban J connectivity index is 2.92. The quantitative estimate of drug-likeness (QED) is 0.709. The average Bonchev–Trinajstić information content (AvgIpc) is 2.08. The maximum atomic E-state index is 12.6. The Hall–Kier alpha value is -1.64. The molecule has 2 nitrogen and oxygen atoms in total. The molecule has 1 rings (SSSR count). The first-order valence-corrected chi connectivity index (χ1v) is 3.77. The van der Waals surface area contributed by atoms with Gasteiger partial charge in [0, 0.05) is 0 Å². The number of aliphatic carboxylic acids is 1. The number of rotatable bonds is 2. The first-order chi connectivity index (χ1) is 6.09. The number of carbonyl (C=O) groups is 1. The van der Waals surface area contributed by atoms with Crippen LogP contribution in [0.3, 0.4) is 0 Å². The Labute approximate surface area is 75.3 Å². The van der Waals surface area contributed by atoms with Crippen molar-refractivity contribution in [2.24, 2.45) is 0 Å². The van der Waals surface area contributed by atoms with Crippen molar-refractivity contribution in [1.82, 2.24) is 0 Å². The van der Waals surface area contributed by atoms with Gasteiger partial charge in [0.1, 0.15) is 0 Å². The van der Waals surface area contributed by atoms with Crippen molar-refractivity contribution in [1.29, 1.82) is 0 Å². The molecule has 0 heterocycles. The molecule has 1 aromatic carbocycles. The summed E-state index contributed by atoms with van der Waals surface area (Å²) in [7, 11) is 0. The third-order valence-electron chi connectivity index (χ3n) is 1.58. The Bertz CT molecular complexity index is 338. The second-order valence-corrected chi connectivity index (χ2v) is 2.71. The zero-order valence-electron chi connectivity index (χ0n) is 7.12. The number of halogens is 1. The van der Waals surface area contributed by atoms with Gasteiger partial charge in [0.05, 0.1) is 0 Å². The molecule has 0 amide bonds. The van der Waals surface area contributed by atoms with E-state index in [1.54, 1.807) is 24.3 Å². The Morgan fingerprint density at radius 1 is 1.38 bits per heavy atom. The molecule has 0 atom stereocenters. The minimum Gasteiger partial charge on any atom is -0.476 e. The van der Waals surface area contributed by atoms with Crippen LogP contribution in [0.1, 0.15) is 11.1 Å². The first-order valence-electron chi connectivity index (χ1n) is 3.77. The summed E-state index contributed by atoms with van der Waals surface area (Å²) in [5.74, 6) is -2.69. The monoisotopic (exact) mass is 180 g/mol. The van der Waals surface area contributed by atoms with Crippen LogP contribution >= 0.6 is 0 Å². The predicted molar refractivity (Wildman–Crippen MR) is 47.9 cm³/mol. The van der Waals surface area contributed by atoms with Gasteiger partial charge in [-0.15, -0.1) is 0 Å². The topological polar surface area (TPSA) is 37.3 Å². The number of aryl methyl sites for hydroxylation is 1. The number of hydrogen-bond acceptors (Lipinski definition) is 1. The van der Waals surface area contributed by atoms with Crippen molar-refractivity contribution in [2.75, 3.05) is 0 Å². The van der Waals surface area contributed by atoms with Crippen molar-refractivity contribution in [2.45, 2.75) is 6.92 Å². The molecule has 1 N–H and O–H groups in total. The van der Waals surface area contributed by atoms with E-state index in [0.29, 0.717) is 5.56 Å². The summed E-state index contributed by atoms with van der Waals surface area (Å²) in [5.41, 5.74) is 1.60. The summed E-state index contributed by atoms with van der Waals surface area (Å²) in [5, 5.41) is 8.25. The lowest BCUT2D eigenvalue weighted by Crippen LogP contribution is -1.93. The second kappa shape index (κ2) is 3.85. The van der Waals surface area contributed by atoms with Crippen LogP contribution in [0.4, 0.5) is 4.39 Å². The van der Waals surface area contributed by atoms with Crippen LogP contribution in [-0.2, 0) is 4.79 Å². The van der Waals surface area contributed by atoms with Gasteiger partial charge in [-0.2, -0.15) is 4.39 Å². The number of carboxylic acid groups (broad SMARTS) is 1. The lowest BCUT2D eigenvalue weighted by molar-refractivity contribution is -0.134. The van der Waals surface area contributed by atoms with Crippen molar-refractivity contribution in [3.05, 3.63) is 41.2 Å². The maximum Gasteiger partial charge on any atom is 0.364 e. The van der Waals surface area contributed by atoms with E-state index in [4.69, 9.17) is 5.11 Å². The van der Waals surface area contributed by atoms with Gasteiger partial charge in [-0.05, 0) is 18.6 Å². The van der Waals surface area contributed by atoms with Crippen molar-refractivity contribution < 1.29 is 14.3 Å². The minimum atomic E-state index is -1.54. The number of carboxylic acids is 1. The highest BCUT2D eigenvalue weighted by Crippen LogP contribution is 2.09. The summed E-state index contributed by atoms with van der Waals surface area (Å²) >= 11 is 0. The van der Waals surface area contributed by atoms with Crippen LogP contribution in [0.15, 0.2) is 30.1 Å². The SMILES string of the molecule is Cc1ccc(/C=C(\F)C(=O)O)cc1. The van der Waals surface area contributed by atoms with E-state index in [1.807, 2.05) is 6.92 Å². The molecule has 0 aliphatic heterocycles. The molecule has 0 aliphatic rings. The van der Waals surface area contributed by atoms with E-state index in [1.165, 1.54) is 0 Å². The zero-order valence-corrected chi connectivity index (χ0v) is 7.12. The Morgan fingerprint density at radius 3 is 2.38 bits per heavy atom. The standard InChI is InChI=1S/C10H9FO2/c1-7-2-4-8(5-3-7)6-9(11)10(12)13/h2-6H,1H3,(H,12,13)/b9-6-. The molecule has 0 aliphatic carbocycles. The average molecular weight is 180 g/mol. The molecular weight excluding hydrogens is 171 g/mol. The molecule has 3 heteroatoms.